The summed E-state index contributed by atoms with van der Waals surface area (Å²) in [5.41, 5.74) is 0.446. The largest absolute Gasteiger partial charge is 0.477 e. The maximum absolute atomic E-state index is 11.7. The van der Waals surface area contributed by atoms with Gasteiger partial charge in [-0.1, -0.05) is 13.8 Å². The van der Waals surface area contributed by atoms with Gasteiger partial charge in [0, 0.05) is 12.5 Å². The molecule has 0 bridgehead atoms. The average molecular weight is 251 g/mol. The summed E-state index contributed by atoms with van der Waals surface area (Å²) in [6, 6.07) is 2.88. The molecule has 0 aliphatic heterocycles. The molecule has 0 saturated carbocycles. The van der Waals surface area contributed by atoms with Crippen LogP contribution in [0.5, 0.6) is 0 Å². The van der Waals surface area contributed by atoms with Crippen LogP contribution < -0.4 is 10.6 Å². The van der Waals surface area contributed by atoms with Crippen molar-refractivity contribution in [2.75, 3.05) is 18.4 Å². The second kappa shape index (κ2) is 6.70. The first-order valence-electron chi connectivity index (χ1n) is 5.75. The summed E-state index contributed by atoms with van der Waals surface area (Å²) in [5, 5.41) is 14.5. The highest BCUT2D eigenvalue weighted by atomic mass is 16.4. The molecule has 0 spiro atoms. The van der Waals surface area contributed by atoms with Crippen molar-refractivity contribution in [3.05, 3.63) is 24.0 Å². The number of carbonyl (C=O) groups is 2. The minimum absolute atomic E-state index is 0.0475. The number of aromatic carboxylic acids is 1. The van der Waals surface area contributed by atoms with Crippen molar-refractivity contribution in [1.29, 1.82) is 0 Å². The minimum Gasteiger partial charge on any atom is -0.477 e. The highest BCUT2D eigenvalue weighted by Crippen LogP contribution is 2.08. The topological polar surface area (TPSA) is 91.3 Å². The second-order valence-electron chi connectivity index (χ2n) is 3.94. The zero-order chi connectivity index (χ0) is 13.5. The van der Waals surface area contributed by atoms with Crippen LogP contribution in [-0.2, 0) is 4.79 Å². The quantitative estimate of drug-likeness (QED) is 0.700. The van der Waals surface area contributed by atoms with Crippen LogP contribution in [0.3, 0.4) is 0 Å². The van der Waals surface area contributed by atoms with Gasteiger partial charge in [-0.25, -0.2) is 9.78 Å². The number of carboxylic acids is 1. The SMILES string of the molecule is CCNCC(C)C(=O)Nc1ccc(C(=O)O)nc1. The van der Waals surface area contributed by atoms with Crippen molar-refractivity contribution >= 4 is 17.6 Å². The number of nitrogens with one attached hydrogen (secondary N) is 2. The van der Waals surface area contributed by atoms with Gasteiger partial charge < -0.3 is 15.7 Å². The van der Waals surface area contributed by atoms with E-state index >= 15 is 0 Å². The van der Waals surface area contributed by atoms with Gasteiger partial charge >= 0.3 is 5.97 Å². The first-order chi connectivity index (χ1) is 8.54. The van der Waals surface area contributed by atoms with E-state index in [1.807, 2.05) is 13.8 Å². The standard InChI is InChI=1S/C12H17N3O3/c1-3-13-6-8(2)11(16)15-9-4-5-10(12(17)18)14-7-9/h4-5,7-8,13H,3,6H2,1-2H3,(H,15,16)(H,17,18). The molecule has 1 heterocycles. The molecule has 6 heteroatoms. The zero-order valence-corrected chi connectivity index (χ0v) is 10.4. The maximum Gasteiger partial charge on any atom is 0.354 e. The lowest BCUT2D eigenvalue weighted by Gasteiger charge is -2.12. The Hall–Kier alpha value is -1.95. The normalized spacial score (nSPS) is 11.9. The van der Waals surface area contributed by atoms with Crippen molar-refractivity contribution in [2.24, 2.45) is 5.92 Å². The van der Waals surface area contributed by atoms with Gasteiger partial charge in [0.2, 0.25) is 5.91 Å². The molecular weight excluding hydrogens is 234 g/mol. The van der Waals surface area contributed by atoms with Crippen LogP contribution in [0.1, 0.15) is 24.3 Å². The van der Waals surface area contributed by atoms with E-state index in [0.717, 1.165) is 6.54 Å². The molecule has 0 aliphatic carbocycles. The lowest BCUT2D eigenvalue weighted by molar-refractivity contribution is -0.119. The van der Waals surface area contributed by atoms with Crippen molar-refractivity contribution in [1.82, 2.24) is 10.3 Å². The van der Waals surface area contributed by atoms with Gasteiger partial charge in [-0.15, -0.1) is 0 Å². The Labute approximate surface area is 105 Å². The number of rotatable bonds is 6. The molecule has 0 saturated heterocycles. The number of hydrogen-bond acceptors (Lipinski definition) is 4. The van der Waals surface area contributed by atoms with E-state index in [9.17, 15) is 9.59 Å². The lowest BCUT2D eigenvalue weighted by Crippen LogP contribution is -2.30. The number of carbonyl (C=O) groups excluding carboxylic acids is 1. The van der Waals surface area contributed by atoms with Gasteiger partial charge in [-0.05, 0) is 18.7 Å². The number of amides is 1. The summed E-state index contributed by atoms with van der Waals surface area (Å²) in [4.78, 5) is 26.1. The summed E-state index contributed by atoms with van der Waals surface area (Å²) in [7, 11) is 0. The van der Waals surface area contributed by atoms with Crippen molar-refractivity contribution < 1.29 is 14.7 Å². The Morgan fingerprint density at radius 2 is 2.17 bits per heavy atom. The fourth-order valence-corrected chi connectivity index (χ4v) is 1.31. The van der Waals surface area contributed by atoms with Gasteiger partial charge in [0.15, 0.2) is 0 Å². The molecule has 3 N–H and O–H groups in total. The Balaban J connectivity index is 2.56. The first-order valence-corrected chi connectivity index (χ1v) is 5.75. The van der Waals surface area contributed by atoms with E-state index in [4.69, 9.17) is 5.11 Å². The average Bonchev–Trinajstić information content (AvgIpc) is 2.36. The number of carboxylic acid groups (broad SMARTS) is 1. The minimum atomic E-state index is -1.09. The van der Waals surface area contributed by atoms with E-state index in [2.05, 4.69) is 15.6 Å². The van der Waals surface area contributed by atoms with Crippen molar-refractivity contribution in [3.63, 3.8) is 0 Å². The molecule has 18 heavy (non-hydrogen) atoms. The van der Waals surface area contributed by atoms with Crippen LogP contribution in [-0.4, -0.2) is 35.1 Å². The number of anilines is 1. The fourth-order valence-electron chi connectivity index (χ4n) is 1.31. The molecular formula is C12H17N3O3. The highest BCUT2D eigenvalue weighted by Gasteiger charge is 2.12. The molecule has 1 atom stereocenters. The molecule has 0 aliphatic rings. The molecule has 0 radical (unpaired) electrons. The Kier molecular flexibility index (Phi) is 5.26. The summed E-state index contributed by atoms with van der Waals surface area (Å²) < 4.78 is 0. The van der Waals surface area contributed by atoms with Gasteiger partial charge in [0.25, 0.3) is 0 Å². The molecule has 6 nitrogen and oxygen atoms in total. The smallest absolute Gasteiger partial charge is 0.354 e. The summed E-state index contributed by atoms with van der Waals surface area (Å²) in [6.45, 7) is 5.20. The van der Waals surface area contributed by atoms with Crippen LogP contribution in [0.4, 0.5) is 5.69 Å². The number of hydrogen-bond donors (Lipinski definition) is 3. The molecule has 1 aromatic rings. The Morgan fingerprint density at radius 1 is 1.44 bits per heavy atom. The zero-order valence-electron chi connectivity index (χ0n) is 10.4. The predicted octanol–water partition coefficient (Wildman–Crippen LogP) is 0.964. The van der Waals surface area contributed by atoms with Crippen molar-refractivity contribution in [2.45, 2.75) is 13.8 Å². The lowest BCUT2D eigenvalue weighted by atomic mass is 10.1. The van der Waals surface area contributed by atoms with Gasteiger partial charge in [0.1, 0.15) is 5.69 Å². The highest BCUT2D eigenvalue weighted by molar-refractivity contribution is 5.92. The maximum atomic E-state index is 11.7. The van der Waals surface area contributed by atoms with E-state index in [0.29, 0.717) is 12.2 Å². The first kappa shape index (κ1) is 14.1. The monoisotopic (exact) mass is 251 g/mol. The predicted molar refractivity (Wildman–Crippen MR) is 67.5 cm³/mol. The third-order valence-electron chi connectivity index (χ3n) is 2.40. The summed E-state index contributed by atoms with van der Waals surface area (Å²) in [5.74, 6) is -1.38. The number of aromatic nitrogens is 1. The van der Waals surface area contributed by atoms with Crippen LogP contribution in [0.2, 0.25) is 0 Å². The Morgan fingerprint density at radius 3 is 2.67 bits per heavy atom. The molecule has 98 valence electrons. The van der Waals surface area contributed by atoms with Crippen LogP contribution in [0.15, 0.2) is 18.3 Å². The third kappa shape index (κ3) is 4.14. The Bertz CT molecular complexity index is 417. The van der Waals surface area contributed by atoms with E-state index in [-0.39, 0.29) is 17.5 Å². The van der Waals surface area contributed by atoms with E-state index < -0.39 is 5.97 Å². The number of nitrogens with zero attached hydrogens (tertiary/aromatic N) is 1. The fraction of sp³-hybridized carbons (Fsp3) is 0.417. The van der Waals surface area contributed by atoms with Crippen LogP contribution in [0.25, 0.3) is 0 Å². The summed E-state index contributed by atoms with van der Waals surface area (Å²) >= 11 is 0. The van der Waals surface area contributed by atoms with Gasteiger partial charge in [-0.3, -0.25) is 4.79 Å². The van der Waals surface area contributed by atoms with E-state index in [1.54, 1.807) is 0 Å². The van der Waals surface area contributed by atoms with Crippen LogP contribution in [0, 0.1) is 5.92 Å². The van der Waals surface area contributed by atoms with Gasteiger partial charge in [-0.2, -0.15) is 0 Å². The molecule has 1 unspecified atom stereocenters. The molecule has 0 aromatic carbocycles. The second-order valence-corrected chi connectivity index (χ2v) is 3.94. The van der Waals surface area contributed by atoms with Crippen molar-refractivity contribution in [3.8, 4) is 0 Å². The third-order valence-corrected chi connectivity index (χ3v) is 2.40. The number of pyridine rings is 1. The summed E-state index contributed by atoms with van der Waals surface area (Å²) in [6.07, 6.45) is 1.33. The molecule has 1 rings (SSSR count). The van der Waals surface area contributed by atoms with E-state index in [1.165, 1.54) is 18.3 Å². The van der Waals surface area contributed by atoms with Gasteiger partial charge in [0.05, 0.1) is 11.9 Å². The molecule has 0 fully saturated rings. The molecule has 1 amide bonds. The molecule has 1 aromatic heterocycles. The van der Waals surface area contributed by atoms with Crippen LogP contribution >= 0.6 is 0 Å².